The first-order valence-electron chi connectivity index (χ1n) is 5.77. The molecule has 0 unspecified atom stereocenters. The maximum absolute atomic E-state index is 12.4. The van der Waals surface area contributed by atoms with Crippen LogP contribution in [0.3, 0.4) is 0 Å². The second-order valence-electron chi connectivity index (χ2n) is 4.03. The van der Waals surface area contributed by atoms with Gasteiger partial charge in [0.15, 0.2) is 6.20 Å². The normalized spacial score (nSPS) is 8.95. The number of benzene rings is 2. The van der Waals surface area contributed by atoms with Gasteiger partial charge in [-0.25, -0.2) is 4.57 Å². The van der Waals surface area contributed by atoms with Crippen LogP contribution in [0.4, 0.5) is 0 Å². The number of nitrogens with zero attached hydrogens (tertiary/aromatic N) is 1. The zero-order valence-electron chi connectivity index (χ0n) is 12.4. The molecule has 1 heterocycles. The summed E-state index contributed by atoms with van der Waals surface area (Å²) in [5, 5.41) is 1.03. The first-order chi connectivity index (χ1) is 8.86. The molecule has 102 valence electrons. The third-order valence-electron chi connectivity index (χ3n) is 2.87. The summed E-state index contributed by atoms with van der Waals surface area (Å²) < 4.78 is 1.56. The molecule has 3 rings (SSSR count). The van der Waals surface area contributed by atoms with Crippen LogP contribution in [0, 0.1) is 21.1 Å². The molecule has 21 heavy (non-hydrogen) atoms. The van der Waals surface area contributed by atoms with Gasteiger partial charge in [0, 0.05) is 5.56 Å². The quantitative estimate of drug-likeness (QED) is 0.380. The number of para-hydroxylation sites is 1. The van der Waals surface area contributed by atoms with Crippen molar-refractivity contribution < 1.29 is 28.8 Å². The van der Waals surface area contributed by atoms with E-state index in [1.165, 1.54) is 0 Å². The van der Waals surface area contributed by atoms with E-state index in [4.69, 9.17) is 0 Å². The van der Waals surface area contributed by atoms with Crippen molar-refractivity contribution in [3.05, 3.63) is 93.3 Å². The third-order valence-corrected chi connectivity index (χ3v) is 2.87. The fourth-order valence-electron chi connectivity index (χ4n) is 1.98. The van der Waals surface area contributed by atoms with Crippen LogP contribution in [-0.4, -0.2) is 5.91 Å². The molecule has 0 saturated carbocycles. The largest absolute Gasteiger partial charge is 2.00 e. The molecule has 0 aliphatic rings. The van der Waals surface area contributed by atoms with Crippen LogP contribution in [0.15, 0.2) is 66.7 Å². The first-order valence-corrected chi connectivity index (χ1v) is 5.77. The van der Waals surface area contributed by atoms with Gasteiger partial charge in [-0.15, -0.1) is 6.07 Å². The van der Waals surface area contributed by atoms with Gasteiger partial charge in [-0.1, -0.05) is 54.6 Å². The van der Waals surface area contributed by atoms with Crippen LogP contribution in [0.1, 0.15) is 10.4 Å². The summed E-state index contributed by atoms with van der Waals surface area (Å²) in [7, 11) is 0. The molecule has 0 fully saturated rings. The Morgan fingerprint density at radius 3 is 2.19 bits per heavy atom. The molecule has 0 amide bonds. The number of pyridine rings is 1. The molecule has 3 heteroatoms. The van der Waals surface area contributed by atoms with Gasteiger partial charge in [0.2, 0.25) is 0 Å². The van der Waals surface area contributed by atoms with Gasteiger partial charge in [0.05, 0.1) is 0 Å². The minimum absolute atomic E-state index is 0. The van der Waals surface area contributed by atoms with Crippen molar-refractivity contribution in [2.45, 2.75) is 0 Å². The van der Waals surface area contributed by atoms with Crippen LogP contribution in [-0.2, 0) is 19.5 Å². The SMILES string of the molecule is O=C(c1ccccc1)[n+]1[c-]ccc2ccccc21.[CH3-].[CH3-].[Zn+2]. The molecule has 0 aliphatic heterocycles. The number of carbonyl (C=O) groups excluding carboxylic acids is 1. The van der Waals surface area contributed by atoms with E-state index in [0.717, 1.165) is 10.9 Å². The molecular formula is C18H17NOZn. The first kappa shape index (κ1) is 19.1. The molecule has 0 bridgehead atoms. The van der Waals surface area contributed by atoms with E-state index >= 15 is 0 Å². The summed E-state index contributed by atoms with van der Waals surface area (Å²) in [6, 6.07) is 20.7. The molecule has 0 radical (unpaired) electrons. The van der Waals surface area contributed by atoms with Crippen molar-refractivity contribution in [3.63, 3.8) is 0 Å². The molecule has 2 aromatic carbocycles. The summed E-state index contributed by atoms with van der Waals surface area (Å²) in [5.74, 6) is -0.0626. The van der Waals surface area contributed by atoms with Gasteiger partial charge >= 0.3 is 25.4 Å². The van der Waals surface area contributed by atoms with Gasteiger partial charge in [0.25, 0.3) is 0 Å². The topological polar surface area (TPSA) is 20.9 Å². The summed E-state index contributed by atoms with van der Waals surface area (Å²) in [4.78, 5) is 12.4. The fourth-order valence-corrected chi connectivity index (χ4v) is 1.98. The van der Waals surface area contributed by atoms with Crippen LogP contribution < -0.4 is 4.57 Å². The summed E-state index contributed by atoms with van der Waals surface area (Å²) in [5.41, 5.74) is 1.53. The monoisotopic (exact) mass is 327 g/mol. The molecule has 1 aromatic heterocycles. The molecular weight excluding hydrogens is 312 g/mol. The molecule has 0 saturated heterocycles. The molecule has 0 N–H and O–H groups in total. The van der Waals surface area contributed by atoms with Crippen molar-refractivity contribution in [2.75, 3.05) is 0 Å². The van der Waals surface area contributed by atoms with Crippen molar-refractivity contribution in [2.24, 2.45) is 0 Å². The second kappa shape index (κ2) is 8.43. The van der Waals surface area contributed by atoms with E-state index in [0.29, 0.717) is 5.56 Å². The van der Waals surface area contributed by atoms with Crippen molar-refractivity contribution in [1.82, 2.24) is 0 Å². The van der Waals surface area contributed by atoms with E-state index in [1.54, 1.807) is 10.6 Å². The molecule has 0 atom stereocenters. The maximum atomic E-state index is 12.4. The van der Waals surface area contributed by atoms with Gasteiger partial charge in [-0.3, -0.25) is 4.79 Å². The van der Waals surface area contributed by atoms with Gasteiger partial charge < -0.3 is 14.9 Å². The van der Waals surface area contributed by atoms with Gasteiger partial charge in [-0.05, 0) is 11.5 Å². The number of rotatable bonds is 1. The average molecular weight is 329 g/mol. The Morgan fingerprint density at radius 1 is 0.857 bits per heavy atom. The van der Waals surface area contributed by atoms with Gasteiger partial charge in [-0.2, -0.15) is 0 Å². The Bertz CT molecular complexity index is 705. The second-order valence-corrected chi connectivity index (χ2v) is 4.03. The Kier molecular flexibility index (Phi) is 7.69. The van der Waals surface area contributed by atoms with Crippen molar-refractivity contribution in [3.8, 4) is 0 Å². The third kappa shape index (κ3) is 3.83. The van der Waals surface area contributed by atoms with Crippen LogP contribution in [0.5, 0.6) is 0 Å². The Labute approximate surface area is 139 Å². The van der Waals surface area contributed by atoms with E-state index in [9.17, 15) is 4.79 Å². The number of hydrogen-bond donors (Lipinski definition) is 0. The van der Waals surface area contributed by atoms with Crippen molar-refractivity contribution in [1.29, 1.82) is 0 Å². The zero-order chi connectivity index (χ0) is 12.4. The van der Waals surface area contributed by atoms with Crippen LogP contribution in [0.2, 0.25) is 0 Å². The molecule has 0 spiro atoms. The minimum atomic E-state index is -0.0626. The van der Waals surface area contributed by atoms with E-state index in [1.807, 2.05) is 60.7 Å². The Balaban J connectivity index is 0.00000133. The number of fused-ring (bicyclic) bond motifs is 1. The van der Waals surface area contributed by atoms with Crippen molar-refractivity contribution >= 4 is 16.8 Å². The number of aromatic nitrogens is 1. The van der Waals surface area contributed by atoms with E-state index in [-0.39, 0.29) is 40.2 Å². The predicted octanol–water partition coefficient (Wildman–Crippen LogP) is 3.51. The Morgan fingerprint density at radius 2 is 1.48 bits per heavy atom. The summed E-state index contributed by atoms with van der Waals surface area (Å²) in [6.07, 6.45) is 2.98. The zero-order valence-corrected chi connectivity index (χ0v) is 15.4. The van der Waals surface area contributed by atoms with E-state index in [2.05, 4.69) is 6.20 Å². The number of hydrogen-bond acceptors (Lipinski definition) is 1. The average Bonchev–Trinajstić information content (AvgIpc) is 2.47. The maximum Gasteiger partial charge on any atom is 2.00 e. The standard InChI is InChI=1S/C16H11NO.2CH3.Zn/c18-16(14-8-2-1-3-9-14)17-12-6-10-13-7-4-5-11-15(13)17;;;/h1-11H;2*1H3;/q;2*-1;+2. The molecule has 3 aromatic rings. The van der Waals surface area contributed by atoms with Gasteiger partial charge in [0.1, 0.15) is 5.52 Å². The van der Waals surface area contributed by atoms with E-state index < -0.39 is 0 Å². The predicted molar refractivity (Wildman–Crippen MR) is 82.0 cm³/mol. The summed E-state index contributed by atoms with van der Waals surface area (Å²) in [6.45, 7) is 0. The minimum Gasteiger partial charge on any atom is -0.358 e. The van der Waals surface area contributed by atoms with Crippen LogP contribution >= 0.6 is 0 Å². The molecule has 0 aliphatic carbocycles. The number of carbonyl (C=O) groups is 1. The molecule has 2 nitrogen and oxygen atoms in total. The Hall–Kier alpha value is -1.86. The summed E-state index contributed by atoms with van der Waals surface area (Å²) >= 11 is 0. The van der Waals surface area contributed by atoms with Crippen LogP contribution in [0.25, 0.3) is 10.9 Å². The fraction of sp³-hybridized carbons (Fsp3) is 0. The smallest absolute Gasteiger partial charge is 0.358 e.